The minimum absolute atomic E-state index is 0.216. The van der Waals surface area contributed by atoms with Crippen LogP contribution in [0.5, 0.6) is 5.75 Å². The van der Waals surface area contributed by atoms with Gasteiger partial charge >= 0.3 is 11.9 Å². The first-order chi connectivity index (χ1) is 8.60. The number of nitrogens with zero attached hydrogens (tertiary/aromatic N) is 2. The molecule has 1 N–H and O–H groups in total. The fourth-order valence-electron chi connectivity index (χ4n) is 1.41. The first-order valence-electron chi connectivity index (χ1n) is 4.98. The maximum absolute atomic E-state index is 10.6. The standard InChI is InChI=1S/C11H9ClN2O4/c1-17-8-3-2-6(4-7(8)12)5-9-13-14-10(18-9)11(15)16/h2-4H,5H2,1H3,(H,15,16). The molecule has 18 heavy (non-hydrogen) atoms. The van der Waals surface area contributed by atoms with Crippen molar-refractivity contribution in [3.63, 3.8) is 0 Å². The molecule has 94 valence electrons. The lowest BCUT2D eigenvalue weighted by molar-refractivity contribution is 0.0651. The maximum Gasteiger partial charge on any atom is 0.393 e. The van der Waals surface area contributed by atoms with Crippen molar-refractivity contribution in [2.75, 3.05) is 7.11 Å². The molecule has 0 bridgehead atoms. The molecule has 0 fully saturated rings. The van der Waals surface area contributed by atoms with Gasteiger partial charge in [-0.15, -0.1) is 10.2 Å². The van der Waals surface area contributed by atoms with Gasteiger partial charge in [-0.05, 0) is 17.7 Å². The number of aromatic carboxylic acids is 1. The van der Waals surface area contributed by atoms with Crippen molar-refractivity contribution in [2.24, 2.45) is 0 Å². The van der Waals surface area contributed by atoms with Crippen molar-refractivity contribution in [1.82, 2.24) is 10.2 Å². The van der Waals surface area contributed by atoms with E-state index in [0.717, 1.165) is 5.56 Å². The molecule has 0 spiro atoms. The molecule has 2 rings (SSSR count). The number of halogens is 1. The van der Waals surface area contributed by atoms with E-state index in [1.165, 1.54) is 7.11 Å². The van der Waals surface area contributed by atoms with Crippen molar-refractivity contribution in [1.29, 1.82) is 0 Å². The van der Waals surface area contributed by atoms with E-state index in [1.807, 2.05) is 0 Å². The fourth-order valence-corrected chi connectivity index (χ4v) is 1.69. The van der Waals surface area contributed by atoms with Gasteiger partial charge in [0.1, 0.15) is 5.75 Å². The predicted octanol–water partition coefficient (Wildman–Crippen LogP) is 2.02. The highest BCUT2D eigenvalue weighted by Gasteiger charge is 2.13. The quantitative estimate of drug-likeness (QED) is 0.913. The molecule has 0 amide bonds. The lowest BCUT2D eigenvalue weighted by atomic mass is 10.1. The van der Waals surface area contributed by atoms with Crippen molar-refractivity contribution in [2.45, 2.75) is 6.42 Å². The fraction of sp³-hybridized carbons (Fsp3) is 0.182. The number of hydrogen-bond donors (Lipinski definition) is 1. The molecule has 1 aromatic heterocycles. The van der Waals surface area contributed by atoms with Crippen molar-refractivity contribution >= 4 is 17.6 Å². The van der Waals surface area contributed by atoms with E-state index in [9.17, 15) is 4.79 Å². The Morgan fingerprint density at radius 1 is 1.50 bits per heavy atom. The van der Waals surface area contributed by atoms with Crippen LogP contribution >= 0.6 is 11.6 Å². The topological polar surface area (TPSA) is 85.5 Å². The van der Waals surface area contributed by atoms with Gasteiger partial charge in [-0.2, -0.15) is 0 Å². The van der Waals surface area contributed by atoms with E-state index in [4.69, 9.17) is 25.9 Å². The Morgan fingerprint density at radius 2 is 2.28 bits per heavy atom. The second-order valence-electron chi connectivity index (χ2n) is 3.45. The Bertz CT molecular complexity index is 582. The van der Waals surface area contributed by atoms with Crippen LogP contribution in [0.2, 0.25) is 5.02 Å². The number of aromatic nitrogens is 2. The highest BCUT2D eigenvalue weighted by molar-refractivity contribution is 6.32. The Morgan fingerprint density at radius 3 is 2.83 bits per heavy atom. The minimum Gasteiger partial charge on any atom is -0.495 e. The summed E-state index contributed by atoms with van der Waals surface area (Å²) < 4.78 is 9.97. The smallest absolute Gasteiger partial charge is 0.393 e. The highest BCUT2D eigenvalue weighted by Crippen LogP contribution is 2.25. The summed E-state index contributed by atoms with van der Waals surface area (Å²) in [7, 11) is 1.53. The largest absolute Gasteiger partial charge is 0.495 e. The monoisotopic (exact) mass is 268 g/mol. The van der Waals surface area contributed by atoms with Gasteiger partial charge in [0, 0.05) is 0 Å². The summed E-state index contributed by atoms with van der Waals surface area (Å²) in [6, 6.07) is 5.20. The Balaban J connectivity index is 2.18. The second kappa shape index (κ2) is 5.05. The Labute approximate surface area is 107 Å². The summed E-state index contributed by atoms with van der Waals surface area (Å²) in [4.78, 5) is 10.6. The summed E-state index contributed by atoms with van der Waals surface area (Å²) >= 11 is 5.97. The number of rotatable bonds is 4. The Kier molecular flexibility index (Phi) is 3.47. The summed E-state index contributed by atoms with van der Waals surface area (Å²) in [5.74, 6) is -0.892. The summed E-state index contributed by atoms with van der Waals surface area (Å²) in [6.07, 6.45) is 0.310. The van der Waals surface area contributed by atoms with Crippen LogP contribution in [0.4, 0.5) is 0 Å². The number of hydrogen-bond acceptors (Lipinski definition) is 5. The van der Waals surface area contributed by atoms with Crippen LogP contribution in [0.1, 0.15) is 22.1 Å². The molecule has 0 radical (unpaired) electrons. The molecule has 0 unspecified atom stereocenters. The van der Waals surface area contributed by atoms with E-state index in [0.29, 0.717) is 17.2 Å². The zero-order valence-electron chi connectivity index (χ0n) is 9.38. The van der Waals surface area contributed by atoms with Gasteiger partial charge in [-0.25, -0.2) is 4.79 Å². The van der Waals surface area contributed by atoms with Gasteiger partial charge in [-0.1, -0.05) is 17.7 Å². The van der Waals surface area contributed by atoms with Crippen molar-refractivity contribution in [3.05, 3.63) is 40.6 Å². The molecule has 0 saturated heterocycles. The van der Waals surface area contributed by atoms with E-state index < -0.39 is 11.9 Å². The summed E-state index contributed by atoms with van der Waals surface area (Å²) in [6.45, 7) is 0. The van der Waals surface area contributed by atoms with Gasteiger partial charge in [-0.3, -0.25) is 0 Å². The minimum atomic E-state index is -1.25. The van der Waals surface area contributed by atoms with Crippen LogP contribution in [0, 0.1) is 0 Å². The number of carbonyl (C=O) groups is 1. The van der Waals surface area contributed by atoms with Gasteiger partial charge in [0.15, 0.2) is 0 Å². The second-order valence-corrected chi connectivity index (χ2v) is 3.86. The van der Waals surface area contributed by atoms with Crippen LogP contribution in [0.25, 0.3) is 0 Å². The third-order valence-electron chi connectivity index (χ3n) is 2.22. The molecule has 0 atom stereocenters. The van der Waals surface area contributed by atoms with Crippen molar-refractivity contribution in [3.8, 4) is 5.75 Å². The number of carboxylic acid groups (broad SMARTS) is 1. The number of carboxylic acids is 1. The van der Waals surface area contributed by atoms with E-state index in [-0.39, 0.29) is 5.89 Å². The predicted molar refractivity (Wildman–Crippen MR) is 62.1 cm³/mol. The summed E-state index contributed by atoms with van der Waals surface area (Å²) in [5.41, 5.74) is 0.821. The molecule has 7 heteroatoms. The number of methoxy groups -OCH3 is 1. The van der Waals surface area contributed by atoms with E-state index >= 15 is 0 Å². The first-order valence-corrected chi connectivity index (χ1v) is 5.36. The van der Waals surface area contributed by atoms with Crippen LogP contribution in [-0.4, -0.2) is 28.4 Å². The Hall–Kier alpha value is -2.08. The van der Waals surface area contributed by atoms with Gasteiger partial charge < -0.3 is 14.3 Å². The molecule has 0 aliphatic heterocycles. The van der Waals surface area contributed by atoms with Crippen molar-refractivity contribution < 1.29 is 19.1 Å². The highest BCUT2D eigenvalue weighted by atomic mass is 35.5. The molecule has 1 aromatic carbocycles. The van der Waals surface area contributed by atoms with Crippen LogP contribution < -0.4 is 4.74 Å². The lowest BCUT2D eigenvalue weighted by Crippen LogP contribution is -1.95. The lowest BCUT2D eigenvalue weighted by Gasteiger charge is -2.04. The zero-order chi connectivity index (χ0) is 13.1. The van der Waals surface area contributed by atoms with Crippen LogP contribution in [0.3, 0.4) is 0 Å². The van der Waals surface area contributed by atoms with Crippen LogP contribution in [-0.2, 0) is 6.42 Å². The van der Waals surface area contributed by atoms with Gasteiger partial charge in [0.05, 0.1) is 18.6 Å². The third-order valence-corrected chi connectivity index (χ3v) is 2.52. The first kappa shape index (κ1) is 12.4. The normalized spacial score (nSPS) is 10.3. The third kappa shape index (κ3) is 2.60. The molecule has 0 aliphatic rings. The maximum atomic E-state index is 10.6. The molecule has 0 saturated carbocycles. The molecule has 2 aromatic rings. The number of ether oxygens (including phenoxy) is 1. The van der Waals surface area contributed by atoms with Crippen LogP contribution in [0.15, 0.2) is 22.6 Å². The average Bonchev–Trinajstić information content (AvgIpc) is 2.78. The van der Waals surface area contributed by atoms with E-state index in [1.54, 1.807) is 18.2 Å². The molecule has 6 nitrogen and oxygen atoms in total. The summed E-state index contributed by atoms with van der Waals surface area (Å²) in [5, 5.41) is 16.1. The SMILES string of the molecule is COc1ccc(Cc2nnc(C(=O)O)o2)cc1Cl. The number of benzene rings is 1. The zero-order valence-corrected chi connectivity index (χ0v) is 10.1. The molecular weight excluding hydrogens is 260 g/mol. The average molecular weight is 269 g/mol. The van der Waals surface area contributed by atoms with Gasteiger partial charge in [0.25, 0.3) is 0 Å². The molecular formula is C11H9ClN2O4. The van der Waals surface area contributed by atoms with E-state index in [2.05, 4.69) is 10.2 Å². The molecule has 0 aliphatic carbocycles. The van der Waals surface area contributed by atoms with Gasteiger partial charge in [0.2, 0.25) is 5.89 Å². The molecule has 1 heterocycles.